The maximum Gasteiger partial charge on any atom is 0.246 e. The molecule has 4 aromatic rings. The van der Waals surface area contributed by atoms with E-state index >= 15 is 0 Å². The van der Waals surface area contributed by atoms with Gasteiger partial charge in [0.25, 0.3) is 0 Å². The number of aromatic nitrogens is 2. The average Bonchev–Trinajstić information content (AvgIpc) is 3.07. The van der Waals surface area contributed by atoms with Crippen LogP contribution >= 0.6 is 0 Å². The minimum absolute atomic E-state index is 0.221. The zero-order valence-corrected chi connectivity index (χ0v) is 16.0. The van der Waals surface area contributed by atoms with Crippen LogP contribution in [-0.4, -0.2) is 15.5 Å². The number of aryl methyl sites for hydroxylation is 1. The summed E-state index contributed by atoms with van der Waals surface area (Å²) in [6.07, 6.45) is 0. The Morgan fingerprint density at radius 1 is 1.00 bits per heavy atom. The van der Waals surface area contributed by atoms with Crippen molar-refractivity contribution in [2.45, 2.75) is 12.6 Å². The van der Waals surface area contributed by atoms with E-state index in [1.807, 2.05) is 66.2 Å². The van der Waals surface area contributed by atoms with Crippen molar-refractivity contribution in [3.63, 3.8) is 0 Å². The summed E-state index contributed by atoms with van der Waals surface area (Å²) in [5.74, 6) is 0.269. The summed E-state index contributed by atoms with van der Waals surface area (Å²) in [6.45, 7) is 0.418. The number of nitrogens with zero attached hydrogens (tertiary/aromatic N) is 2. The van der Waals surface area contributed by atoms with E-state index in [0.717, 1.165) is 22.4 Å². The molecule has 4 rings (SSSR count). The Kier molecular flexibility index (Phi) is 5.35. The third-order valence-electron chi connectivity index (χ3n) is 4.85. The van der Waals surface area contributed by atoms with Gasteiger partial charge in [-0.25, -0.2) is 9.37 Å². The lowest BCUT2D eigenvalue weighted by Gasteiger charge is -2.19. The molecule has 1 heterocycles. The Balaban J connectivity index is 1.56. The first-order chi connectivity index (χ1) is 14.1. The quantitative estimate of drug-likeness (QED) is 0.521. The number of hydrogen-bond donors (Lipinski definition) is 2. The third-order valence-corrected chi connectivity index (χ3v) is 4.85. The van der Waals surface area contributed by atoms with Crippen molar-refractivity contribution in [2.24, 2.45) is 7.05 Å². The number of hydrogen-bond acceptors (Lipinski definition) is 3. The summed E-state index contributed by atoms with van der Waals surface area (Å²) in [7, 11) is 1.96. The monoisotopic (exact) mass is 388 g/mol. The molecule has 3 aromatic carbocycles. The molecule has 1 unspecified atom stereocenters. The minimum Gasteiger partial charge on any atom is -0.330 e. The molecule has 0 radical (unpaired) electrons. The molecule has 1 amide bonds. The largest absolute Gasteiger partial charge is 0.330 e. The van der Waals surface area contributed by atoms with E-state index < -0.39 is 6.04 Å². The molecular formula is C23H21FN4O. The highest BCUT2D eigenvalue weighted by Gasteiger charge is 2.21. The molecular weight excluding hydrogens is 367 g/mol. The van der Waals surface area contributed by atoms with Gasteiger partial charge in [0.05, 0.1) is 17.6 Å². The number of fused-ring (bicyclic) bond motifs is 1. The predicted octanol–water partition coefficient (Wildman–Crippen LogP) is 4.18. The fourth-order valence-electron chi connectivity index (χ4n) is 3.30. The number of carbonyl (C=O) groups excluding carboxylic acids is 1. The number of nitrogens with one attached hydrogen (secondary N) is 2. The second kappa shape index (κ2) is 8.24. The van der Waals surface area contributed by atoms with Gasteiger partial charge in [-0.1, -0.05) is 42.5 Å². The van der Waals surface area contributed by atoms with Gasteiger partial charge in [0.1, 0.15) is 17.7 Å². The smallest absolute Gasteiger partial charge is 0.246 e. The summed E-state index contributed by atoms with van der Waals surface area (Å²) in [5, 5.41) is 6.17. The first kappa shape index (κ1) is 18.8. The first-order valence-electron chi connectivity index (χ1n) is 9.37. The van der Waals surface area contributed by atoms with Crippen molar-refractivity contribution in [3.8, 4) is 0 Å². The van der Waals surface area contributed by atoms with E-state index in [0.29, 0.717) is 12.2 Å². The summed E-state index contributed by atoms with van der Waals surface area (Å²) in [4.78, 5) is 17.6. The average molecular weight is 388 g/mol. The normalized spacial score (nSPS) is 12.1. The molecule has 2 N–H and O–H groups in total. The minimum atomic E-state index is -0.582. The third kappa shape index (κ3) is 4.17. The van der Waals surface area contributed by atoms with Gasteiger partial charge in [-0.15, -0.1) is 0 Å². The highest BCUT2D eigenvalue weighted by Crippen LogP contribution is 2.19. The Hall–Kier alpha value is -3.51. The van der Waals surface area contributed by atoms with Crippen LogP contribution < -0.4 is 10.6 Å². The van der Waals surface area contributed by atoms with Crippen LogP contribution in [0.25, 0.3) is 11.0 Å². The molecule has 0 aliphatic heterocycles. The second-order valence-electron chi connectivity index (χ2n) is 6.80. The van der Waals surface area contributed by atoms with Gasteiger partial charge in [0, 0.05) is 12.7 Å². The van der Waals surface area contributed by atoms with Gasteiger partial charge >= 0.3 is 0 Å². The number of carbonyl (C=O) groups is 1. The number of halogens is 1. The molecule has 1 aromatic heterocycles. The Labute approximate surface area is 168 Å². The van der Waals surface area contributed by atoms with Crippen LogP contribution in [0.1, 0.15) is 17.4 Å². The molecule has 5 nitrogen and oxygen atoms in total. The standard InChI is InChI=1S/C23H21FN4O/c1-28-20-10-6-5-9-19(20)27-21(28)15-25-22(16-7-3-2-4-8-16)23(29)26-18-13-11-17(24)12-14-18/h2-14,22,25H,15H2,1H3,(H,26,29). The van der Waals surface area contributed by atoms with Crippen LogP contribution in [0.2, 0.25) is 0 Å². The van der Waals surface area contributed by atoms with Gasteiger partial charge in [-0.05, 0) is 42.0 Å². The zero-order chi connectivity index (χ0) is 20.2. The van der Waals surface area contributed by atoms with Crippen LogP contribution in [0.15, 0.2) is 78.9 Å². The van der Waals surface area contributed by atoms with Crippen molar-refractivity contribution < 1.29 is 9.18 Å². The zero-order valence-electron chi connectivity index (χ0n) is 16.0. The van der Waals surface area contributed by atoms with E-state index in [2.05, 4.69) is 15.6 Å². The number of anilines is 1. The lowest BCUT2D eigenvalue weighted by atomic mass is 10.1. The Morgan fingerprint density at radius 3 is 2.41 bits per heavy atom. The number of benzene rings is 3. The summed E-state index contributed by atoms with van der Waals surface area (Å²) in [6, 6.07) is 22.5. The summed E-state index contributed by atoms with van der Waals surface area (Å²) in [5.41, 5.74) is 3.34. The lowest BCUT2D eigenvalue weighted by molar-refractivity contribution is -0.118. The molecule has 0 aliphatic rings. The fourth-order valence-corrected chi connectivity index (χ4v) is 3.30. The maximum absolute atomic E-state index is 13.1. The molecule has 6 heteroatoms. The van der Waals surface area contributed by atoms with Crippen molar-refractivity contribution in [1.82, 2.24) is 14.9 Å². The highest BCUT2D eigenvalue weighted by atomic mass is 19.1. The molecule has 0 aliphatic carbocycles. The van der Waals surface area contributed by atoms with Crippen molar-refractivity contribution in [2.75, 3.05) is 5.32 Å². The van der Waals surface area contributed by atoms with Gasteiger partial charge in [-0.3, -0.25) is 10.1 Å². The van der Waals surface area contributed by atoms with Gasteiger partial charge in [0.15, 0.2) is 0 Å². The van der Waals surface area contributed by atoms with E-state index in [-0.39, 0.29) is 11.7 Å². The number of rotatable bonds is 6. The number of amides is 1. The Bertz CT molecular complexity index is 1120. The molecule has 0 bridgehead atoms. The highest BCUT2D eigenvalue weighted by molar-refractivity contribution is 5.95. The Morgan fingerprint density at radius 2 is 1.69 bits per heavy atom. The van der Waals surface area contributed by atoms with Crippen LogP contribution in [0.5, 0.6) is 0 Å². The van der Waals surface area contributed by atoms with Gasteiger partial charge in [-0.2, -0.15) is 0 Å². The second-order valence-corrected chi connectivity index (χ2v) is 6.80. The molecule has 0 saturated heterocycles. The summed E-state index contributed by atoms with van der Waals surface area (Å²) < 4.78 is 15.2. The SMILES string of the molecule is Cn1c(CNC(C(=O)Nc2ccc(F)cc2)c2ccccc2)nc2ccccc21. The fraction of sp³-hybridized carbons (Fsp3) is 0.130. The van der Waals surface area contributed by atoms with Crippen LogP contribution in [-0.2, 0) is 18.4 Å². The van der Waals surface area contributed by atoms with E-state index in [1.54, 1.807) is 12.1 Å². The van der Waals surface area contributed by atoms with Gasteiger partial charge in [0.2, 0.25) is 5.91 Å². The summed E-state index contributed by atoms with van der Waals surface area (Å²) >= 11 is 0. The molecule has 1 atom stereocenters. The van der Waals surface area contributed by atoms with Crippen LogP contribution in [0, 0.1) is 5.82 Å². The van der Waals surface area contributed by atoms with E-state index in [4.69, 9.17) is 0 Å². The van der Waals surface area contributed by atoms with E-state index in [1.165, 1.54) is 12.1 Å². The number of imidazole rings is 1. The van der Waals surface area contributed by atoms with Crippen molar-refractivity contribution in [1.29, 1.82) is 0 Å². The first-order valence-corrected chi connectivity index (χ1v) is 9.37. The topological polar surface area (TPSA) is 59.0 Å². The van der Waals surface area contributed by atoms with Gasteiger partial charge < -0.3 is 9.88 Å². The molecule has 146 valence electrons. The number of para-hydroxylation sites is 2. The molecule has 0 fully saturated rings. The van der Waals surface area contributed by atoms with Crippen LogP contribution in [0.3, 0.4) is 0 Å². The maximum atomic E-state index is 13.1. The van der Waals surface area contributed by atoms with Crippen molar-refractivity contribution in [3.05, 3.63) is 96.1 Å². The predicted molar refractivity (Wildman–Crippen MR) is 112 cm³/mol. The van der Waals surface area contributed by atoms with E-state index in [9.17, 15) is 9.18 Å². The van der Waals surface area contributed by atoms with Crippen LogP contribution in [0.4, 0.5) is 10.1 Å². The molecule has 29 heavy (non-hydrogen) atoms. The molecule has 0 saturated carbocycles. The lowest BCUT2D eigenvalue weighted by Crippen LogP contribution is -2.33. The van der Waals surface area contributed by atoms with Crippen molar-refractivity contribution >= 4 is 22.6 Å². The molecule has 0 spiro atoms.